The van der Waals surface area contributed by atoms with Crippen molar-refractivity contribution < 1.29 is 9.18 Å². The minimum absolute atomic E-state index is 0.0188. The molecule has 0 aliphatic carbocycles. The second-order valence-electron chi connectivity index (χ2n) is 4.34. The SMILES string of the molecule is Cc1ncc(C(=O)NCCc2ccc(F)cc2)c(=O)[nH]1. The van der Waals surface area contributed by atoms with Crippen LogP contribution in [-0.4, -0.2) is 22.4 Å². The first kappa shape index (κ1) is 13.9. The number of nitrogens with zero attached hydrogens (tertiary/aromatic N) is 1. The average Bonchev–Trinajstić information content (AvgIpc) is 2.41. The lowest BCUT2D eigenvalue weighted by atomic mass is 10.1. The number of benzene rings is 1. The monoisotopic (exact) mass is 275 g/mol. The van der Waals surface area contributed by atoms with Gasteiger partial charge < -0.3 is 10.3 Å². The summed E-state index contributed by atoms with van der Waals surface area (Å²) in [6.07, 6.45) is 1.81. The van der Waals surface area contributed by atoms with E-state index in [9.17, 15) is 14.0 Å². The number of aromatic nitrogens is 2. The second-order valence-corrected chi connectivity index (χ2v) is 4.34. The average molecular weight is 275 g/mol. The number of aromatic amines is 1. The number of hydrogen-bond acceptors (Lipinski definition) is 3. The van der Waals surface area contributed by atoms with Crippen LogP contribution in [0.5, 0.6) is 0 Å². The van der Waals surface area contributed by atoms with Crippen molar-refractivity contribution in [1.29, 1.82) is 0 Å². The summed E-state index contributed by atoms with van der Waals surface area (Å²) >= 11 is 0. The van der Waals surface area contributed by atoms with E-state index in [0.29, 0.717) is 18.8 Å². The summed E-state index contributed by atoms with van der Waals surface area (Å²) in [5.41, 5.74) is 0.425. The highest BCUT2D eigenvalue weighted by molar-refractivity contribution is 5.93. The zero-order valence-electron chi connectivity index (χ0n) is 10.9. The number of carbonyl (C=O) groups is 1. The molecule has 0 aliphatic rings. The van der Waals surface area contributed by atoms with Crippen molar-refractivity contribution in [3.8, 4) is 0 Å². The molecule has 104 valence electrons. The van der Waals surface area contributed by atoms with Gasteiger partial charge in [-0.15, -0.1) is 0 Å². The summed E-state index contributed by atoms with van der Waals surface area (Å²) in [4.78, 5) is 29.7. The number of carbonyl (C=O) groups excluding carboxylic acids is 1. The Labute approximate surface area is 114 Å². The molecule has 2 aromatic rings. The number of amides is 1. The van der Waals surface area contributed by atoms with Crippen molar-refractivity contribution in [3.05, 3.63) is 63.6 Å². The Hall–Kier alpha value is -2.50. The van der Waals surface area contributed by atoms with Crippen molar-refractivity contribution in [1.82, 2.24) is 15.3 Å². The highest BCUT2D eigenvalue weighted by Gasteiger charge is 2.10. The number of H-pyrrole nitrogens is 1. The third-order valence-electron chi connectivity index (χ3n) is 2.78. The van der Waals surface area contributed by atoms with E-state index in [4.69, 9.17) is 0 Å². The molecule has 1 heterocycles. The van der Waals surface area contributed by atoms with Gasteiger partial charge in [0.25, 0.3) is 11.5 Å². The van der Waals surface area contributed by atoms with Crippen molar-refractivity contribution in [2.75, 3.05) is 6.54 Å². The number of nitrogens with one attached hydrogen (secondary N) is 2. The normalized spacial score (nSPS) is 10.3. The topological polar surface area (TPSA) is 74.8 Å². The number of rotatable bonds is 4. The highest BCUT2D eigenvalue weighted by atomic mass is 19.1. The van der Waals surface area contributed by atoms with Crippen LogP contribution in [0, 0.1) is 12.7 Å². The van der Waals surface area contributed by atoms with Gasteiger partial charge in [-0.2, -0.15) is 0 Å². The van der Waals surface area contributed by atoms with Crippen LogP contribution in [0.15, 0.2) is 35.3 Å². The Morgan fingerprint density at radius 1 is 1.35 bits per heavy atom. The van der Waals surface area contributed by atoms with Crippen molar-refractivity contribution in [2.24, 2.45) is 0 Å². The van der Waals surface area contributed by atoms with E-state index in [2.05, 4.69) is 15.3 Å². The van der Waals surface area contributed by atoms with Crippen molar-refractivity contribution in [2.45, 2.75) is 13.3 Å². The van der Waals surface area contributed by atoms with Gasteiger partial charge in [0.05, 0.1) is 0 Å². The Morgan fingerprint density at radius 3 is 2.70 bits per heavy atom. The third kappa shape index (κ3) is 3.50. The highest BCUT2D eigenvalue weighted by Crippen LogP contribution is 2.02. The molecule has 1 amide bonds. The molecule has 0 saturated heterocycles. The summed E-state index contributed by atoms with van der Waals surface area (Å²) in [5, 5.41) is 2.63. The summed E-state index contributed by atoms with van der Waals surface area (Å²) in [7, 11) is 0. The minimum atomic E-state index is -0.471. The Balaban J connectivity index is 1.92. The fourth-order valence-corrected chi connectivity index (χ4v) is 1.71. The number of aryl methyl sites for hydroxylation is 1. The van der Waals surface area contributed by atoms with E-state index >= 15 is 0 Å². The Bertz CT molecular complexity index is 665. The smallest absolute Gasteiger partial charge is 0.263 e. The Morgan fingerprint density at radius 2 is 2.05 bits per heavy atom. The van der Waals surface area contributed by atoms with Gasteiger partial charge in [0.2, 0.25) is 0 Å². The summed E-state index contributed by atoms with van der Waals surface area (Å²) in [6.45, 7) is 2.00. The van der Waals surface area contributed by atoms with Crippen LogP contribution in [-0.2, 0) is 6.42 Å². The fraction of sp³-hybridized carbons (Fsp3) is 0.214. The van der Waals surface area contributed by atoms with E-state index in [0.717, 1.165) is 5.56 Å². The molecule has 0 unspecified atom stereocenters. The summed E-state index contributed by atoms with van der Waals surface area (Å²) < 4.78 is 12.7. The molecule has 0 atom stereocenters. The number of halogens is 1. The molecule has 2 rings (SSSR count). The first-order valence-electron chi connectivity index (χ1n) is 6.15. The third-order valence-corrected chi connectivity index (χ3v) is 2.78. The molecule has 0 radical (unpaired) electrons. The molecule has 0 spiro atoms. The fourth-order valence-electron chi connectivity index (χ4n) is 1.71. The van der Waals surface area contributed by atoms with Crippen LogP contribution in [0.1, 0.15) is 21.7 Å². The zero-order chi connectivity index (χ0) is 14.5. The van der Waals surface area contributed by atoms with E-state index in [-0.39, 0.29) is 11.4 Å². The zero-order valence-corrected chi connectivity index (χ0v) is 10.9. The van der Waals surface area contributed by atoms with Gasteiger partial charge in [0.15, 0.2) is 0 Å². The van der Waals surface area contributed by atoms with Crippen LogP contribution >= 0.6 is 0 Å². The quantitative estimate of drug-likeness (QED) is 0.880. The predicted molar refractivity (Wildman–Crippen MR) is 72.0 cm³/mol. The molecular weight excluding hydrogens is 261 g/mol. The Kier molecular flexibility index (Phi) is 4.24. The predicted octanol–water partition coefficient (Wildman–Crippen LogP) is 1.19. The molecule has 5 nitrogen and oxygen atoms in total. The van der Waals surface area contributed by atoms with E-state index in [1.807, 2.05) is 0 Å². The van der Waals surface area contributed by atoms with Gasteiger partial charge in [-0.25, -0.2) is 9.37 Å². The molecule has 0 aliphatic heterocycles. The van der Waals surface area contributed by atoms with Crippen molar-refractivity contribution >= 4 is 5.91 Å². The molecule has 0 saturated carbocycles. The molecule has 0 bridgehead atoms. The standard InChI is InChI=1S/C14H14FN3O2/c1-9-17-8-12(14(20)18-9)13(19)16-7-6-10-2-4-11(15)5-3-10/h2-5,8H,6-7H2,1H3,(H,16,19)(H,17,18,20). The first-order valence-corrected chi connectivity index (χ1v) is 6.15. The molecule has 6 heteroatoms. The van der Waals surface area contributed by atoms with Crippen LogP contribution < -0.4 is 10.9 Å². The molecular formula is C14H14FN3O2. The van der Waals surface area contributed by atoms with Gasteiger partial charge >= 0.3 is 0 Å². The first-order chi connectivity index (χ1) is 9.56. The maximum atomic E-state index is 12.7. The molecule has 1 aromatic heterocycles. The molecule has 1 aromatic carbocycles. The van der Waals surface area contributed by atoms with E-state index < -0.39 is 11.5 Å². The van der Waals surface area contributed by atoms with Crippen LogP contribution in [0.2, 0.25) is 0 Å². The van der Waals surface area contributed by atoms with Gasteiger partial charge in [0, 0.05) is 12.7 Å². The second kappa shape index (κ2) is 6.10. The van der Waals surface area contributed by atoms with Crippen molar-refractivity contribution in [3.63, 3.8) is 0 Å². The summed E-state index contributed by atoms with van der Waals surface area (Å²) in [6, 6.07) is 6.04. The van der Waals surface area contributed by atoms with Gasteiger partial charge in [-0.05, 0) is 31.0 Å². The van der Waals surface area contributed by atoms with Gasteiger partial charge in [0.1, 0.15) is 17.2 Å². The maximum Gasteiger partial charge on any atom is 0.263 e. The van der Waals surface area contributed by atoms with E-state index in [1.54, 1.807) is 19.1 Å². The van der Waals surface area contributed by atoms with Crippen LogP contribution in [0.4, 0.5) is 4.39 Å². The lowest BCUT2D eigenvalue weighted by molar-refractivity contribution is 0.0952. The largest absolute Gasteiger partial charge is 0.351 e. The van der Waals surface area contributed by atoms with Gasteiger partial charge in [-0.3, -0.25) is 9.59 Å². The van der Waals surface area contributed by atoms with E-state index in [1.165, 1.54) is 18.3 Å². The van der Waals surface area contributed by atoms with Gasteiger partial charge in [-0.1, -0.05) is 12.1 Å². The minimum Gasteiger partial charge on any atom is -0.351 e. The van der Waals surface area contributed by atoms with Crippen LogP contribution in [0.3, 0.4) is 0 Å². The lowest BCUT2D eigenvalue weighted by Gasteiger charge is -2.05. The molecule has 2 N–H and O–H groups in total. The molecule has 0 fully saturated rings. The lowest BCUT2D eigenvalue weighted by Crippen LogP contribution is -2.31. The summed E-state index contributed by atoms with van der Waals surface area (Å²) in [5.74, 6) is -0.311. The number of hydrogen-bond donors (Lipinski definition) is 2. The maximum absolute atomic E-state index is 12.7. The molecule has 20 heavy (non-hydrogen) atoms. The van der Waals surface area contributed by atoms with Crippen LogP contribution in [0.25, 0.3) is 0 Å².